The van der Waals surface area contributed by atoms with E-state index < -0.39 is 0 Å². The first-order valence-electron chi connectivity index (χ1n) is 9.36. The summed E-state index contributed by atoms with van der Waals surface area (Å²) in [7, 11) is 3.99. The molecule has 3 aromatic rings. The van der Waals surface area contributed by atoms with Crippen LogP contribution in [0.2, 0.25) is 0 Å². The average molecular weight is 434 g/mol. The van der Waals surface area contributed by atoms with Crippen LogP contribution in [0.4, 0.5) is 5.13 Å². The number of nitrogens with zero attached hydrogens (tertiary/aromatic N) is 3. The lowest BCUT2D eigenvalue weighted by atomic mass is 10.1. The number of aromatic nitrogens is 1. The van der Waals surface area contributed by atoms with Crippen molar-refractivity contribution in [2.75, 3.05) is 38.7 Å². The summed E-state index contributed by atoms with van der Waals surface area (Å²) < 4.78 is 6.85. The van der Waals surface area contributed by atoms with Gasteiger partial charge in [-0.05, 0) is 64.2 Å². The standard InChI is InChI=1S/C22H27N3O2S.ClH/c1-15-6-8-18(9-7-15)27-14-20(26)25(11-10-24(4)5)22-23-19-13-16(2)12-17(3)21(19)28-22;/h6-9,12-13H,10-11,14H2,1-5H3;1H. The molecular weight excluding hydrogens is 406 g/mol. The van der Waals surface area contributed by atoms with Crippen molar-refractivity contribution in [2.24, 2.45) is 0 Å². The van der Waals surface area contributed by atoms with Gasteiger partial charge in [0.2, 0.25) is 0 Å². The molecule has 0 saturated carbocycles. The fraction of sp³-hybridized carbons (Fsp3) is 0.364. The highest BCUT2D eigenvalue weighted by Crippen LogP contribution is 2.32. The quantitative estimate of drug-likeness (QED) is 0.545. The first-order chi connectivity index (χ1) is 13.3. The Hall–Kier alpha value is -2.15. The molecule has 0 unspecified atom stereocenters. The van der Waals surface area contributed by atoms with Crippen molar-refractivity contribution < 1.29 is 9.53 Å². The lowest BCUT2D eigenvalue weighted by Crippen LogP contribution is -2.39. The summed E-state index contributed by atoms with van der Waals surface area (Å²) >= 11 is 1.56. The second-order valence-corrected chi connectivity index (χ2v) is 8.35. The summed E-state index contributed by atoms with van der Waals surface area (Å²) in [5.74, 6) is 0.609. The smallest absolute Gasteiger partial charge is 0.266 e. The van der Waals surface area contributed by atoms with Crippen molar-refractivity contribution in [3.05, 3.63) is 53.1 Å². The molecule has 0 radical (unpaired) electrons. The molecule has 0 bridgehead atoms. The van der Waals surface area contributed by atoms with Crippen molar-refractivity contribution in [3.63, 3.8) is 0 Å². The number of thiazole rings is 1. The second-order valence-electron chi connectivity index (χ2n) is 7.38. The average Bonchev–Trinajstić information content (AvgIpc) is 3.05. The summed E-state index contributed by atoms with van der Waals surface area (Å²) in [6, 6.07) is 11.9. The molecule has 0 aliphatic rings. The number of halogens is 1. The topological polar surface area (TPSA) is 45.7 Å². The van der Waals surface area contributed by atoms with Crippen LogP contribution >= 0.6 is 23.7 Å². The number of ether oxygens (including phenoxy) is 1. The van der Waals surface area contributed by atoms with Gasteiger partial charge in [-0.2, -0.15) is 0 Å². The minimum absolute atomic E-state index is 0. The van der Waals surface area contributed by atoms with Crippen LogP contribution in [0.1, 0.15) is 16.7 Å². The predicted octanol–water partition coefficient (Wildman–Crippen LogP) is 4.62. The molecule has 0 fully saturated rings. The van der Waals surface area contributed by atoms with Gasteiger partial charge in [-0.15, -0.1) is 12.4 Å². The van der Waals surface area contributed by atoms with Gasteiger partial charge >= 0.3 is 0 Å². The van der Waals surface area contributed by atoms with Crippen LogP contribution in [-0.4, -0.2) is 49.6 Å². The number of carbonyl (C=O) groups is 1. The Morgan fingerprint density at radius 2 is 1.72 bits per heavy atom. The molecule has 3 rings (SSSR count). The van der Waals surface area contributed by atoms with Crippen LogP contribution in [0.15, 0.2) is 36.4 Å². The zero-order valence-electron chi connectivity index (χ0n) is 17.6. The van der Waals surface area contributed by atoms with E-state index in [1.165, 1.54) is 11.1 Å². The SMILES string of the molecule is Cc1ccc(OCC(=O)N(CCN(C)C)c2nc3cc(C)cc(C)c3s2)cc1.Cl. The largest absolute Gasteiger partial charge is 0.484 e. The summed E-state index contributed by atoms with van der Waals surface area (Å²) in [5.41, 5.74) is 4.47. The Bertz CT molecular complexity index is 970. The Morgan fingerprint density at radius 1 is 1.03 bits per heavy atom. The lowest BCUT2D eigenvalue weighted by molar-refractivity contribution is -0.120. The summed E-state index contributed by atoms with van der Waals surface area (Å²) in [6.45, 7) is 7.49. The number of benzene rings is 2. The van der Waals surface area contributed by atoms with Gasteiger partial charge < -0.3 is 9.64 Å². The van der Waals surface area contributed by atoms with E-state index in [9.17, 15) is 4.79 Å². The van der Waals surface area contributed by atoms with Gasteiger partial charge in [0.15, 0.2) is 11.7 Å². The van der Waals surface area contributed by atoms with E-state index in [0.29, 0.717) is 12.3 Å². The molecule has 1 heterocycles. The number of hydrogen-bond acceptors (Lipinski definition) is 5. The van der Waals surface area contributed by atoms with Crippen molar-refractivity contribution >= 4 is 45.0 Å². The fourth-order valence-electron chi connectivity index (χ4n) is 2.96. The first-order valence-corrected chi connectivity index (χ1v) is 10.2. The number of fused-ring (bicyclic) bond motifs is 1. The van der Waals surface area contributed by atoms with Crippen LogP contribution in [0, 0.1) is 20.8 Å². The van der Waals surface area contributed by atoms with Crippen LogP contribution < -0.4 is 9.64 Å². The summed E-state index contributed by atoms with van der Waals surface area (Å²) in [6.07, 6.45) is 0. The molecule has 156 valence electrons. The molecule has 0 spiro atoms. The van der Waals surface area contributed by atoms with Gasteiger partial charge in [-0.1, -0.05) is 35.1 Å². The van der Waals surface area contributed by atoms with E-state index in [1.54, 1.807) is 16.2 Å². The molecule has 0 atom stereocenters. The van der Waals surface area contributed by atoms with Crippen LogP contribution in [0.5, 0.6) is 5.75 Å². The minimum atomic E-state index is -0.0872. The fourth-order valence-corrected chi connectivity index (χ4v) is 4.02. The second kappa shape index (κ2) is 10.1. The maximum atomic E-state index is 13.0. The number of anilines is 1. The Kier molecular flexibility index (Phi) is 8.02. The van der Waals surface area contributed by atoms with E-state index >= 15 is 0 Å². The molecule has 1 amide bonds. The zero-order valence-corrected chi connectivity index (χ0v) is 19.2. The molecule has 1 aromatic heterocycles. The highest BCUT2D eigenvalue weighted by molar-refractivity contribution is 7.22. The highest BCUT2D eigenvalue weighted by atomic mass is 35.5. The normalized spacial score (nSPS) is 10.8. The van der Waals surface area contributed by atoms with Gasteiger partial charge in [-0.3, -0.25) is 9.69 Å². The van der Waals surface area contributed by atoms with Crippen LogP contribution in [0.3, 0.4) is 0 Å². The number of rotatable bonds is 7. The van der Waals surface area contributed by atoms with Crippen molar-refractivity contribution in [1.82, 2.24) is 9.88 Å². The third-order valence-corrected chi connectivity index (χ3v) is 5.72. The Labute approximate surface area is 182 Å². The Morgan fingerprint density at radius 3 is 2.38 bits per heavy atom. The van der Waals surface area contributed by atoms with E-state index in [2.05, 4.69) is 30.9 Å². The van der Waals surface area contributed by atoms with Crippen LogP contribution in [0.25, 0.3) is 10.2 Å². The molecule has 0 aliphatic carbocycles. The number of amides is 1. The highest BCUT2D eigenvalue weighted by Gasteiger charge is 2.21. The lowest BCUT2D eigenvalue weighted by Gasteiger charge is -2.22. The van der Waals surface area contributed by atoms with E-state index in [0.717, 1.165) is 27.5 Å². The molecule has 7 heteroatoms. The van der Waals surface area contributed by atoms with Gasteiger partial charge in [0.05, 0.1) is 10.2 Å². The summed E-state index contributed by atoms with van der Waals surface area (Å²) in [4.78, 5) is 21.5. The van der Waals surface area contributed by atoms with Gasteiger partial charge in [-0.25, -0.2) is 4.98 Å². The summed E-state index contributed by atoms with van der Waals surface area (Å²) in [5, 5.41) is 0.725. The molecule has 2 aromatic carbocycles. The number of carbonyl (C=O) groups excluding carboxylic acids is 1. The van der Waals surface area contributed by atoms with Crippen LogP contribution in [-0.2, 0) is 4.79 Å². The van der Waals surface area contributed by atoms with Crippen molar-refractivity contribution in [3.8, 4) is 5.75 Å². The predicted molar refractivity (Wildman–Crippen MR) is 124 cm³/mol. The molecule has 0 N–H and O–H groups in total. The molecule has 0 aliphatic heterocycles. The minimum Gasteiger partial charge on any atom is -0.484 e. The third kappa shape index (κ3) is 5.92. The monoisotopic (exact) mass is 433 g/mol. The Balaban J connectivity index is 0.00000300. The van der Waals surface area contributed by atoms with Gasteiger partial charge in [0.1, 0.15) is 5.75 Å². The molecule has 0 saturated heterocycles. The molecule has 5 nitrogen and oxygen atoms in total. The number of likely N-dealkylation sites (N-methyl/N-ethyl adjacent to an activating group) is 1. The molecule has 29 heavy (non-hydrogen) atoms. The molecular formula is C22H28ClN3O2S. The maximum Gasteiger partial charge on any atom is 0.266 e. The van der Waals surface area contributed by atoms with Gasteiger partial charge in [0.25, 0.3) is 5.91 Å². The number of aryl methyl sites for hydroxylation is 3. The first kappa shape index (κ1) is 23.1. The third-order valence-electron chi connectivity index (χ3n) is 4.49. The van der Waals surface area contributed by atoms with E-state index in [4.69, 9.17) is 9.72 Å². The maximum absolute atomic E-state index is 13.0. The van der Waals surface area contributed by atoms with Crippen molar-refractivity contribution in [1.29, 1.82) is 0 Å². The van der Waals surface area contributed by atoms with E-state index in [1.807, 2.05) is 45.3 Å². The van der Waals surface area contributed by atoms with Crippen molar-refractivity contribution in [2.45, 2.75) is 20.8 Å². The zero-order chi connectivity index (χ0) is 20.3. The van der Waals surface area contributed by atoms with E-state index in [-0.39, 0.29) is 24.9 Å². The number of hydrogen-bond donors (Lipinski definition) is 0. The van der Waals surface area contributed by atoms with Gasteiger partial charge in [0, 0.05) is 13.1 Å².